The summed E-state index contributed by atoms with van der Waals surface area (Å²) in [5, 5.41) is 0. The number of methoxy groups -OCH3 is 1. The maximum absolute atomic E-state index is 6.03. The summed E-state index contributed by atoms with van der Waals surface area (Å²) >= 11 is 5.35. The molecule has 112 valence electrons. The lowest BCUT2D eigenvalue weighted by Crippen LogP contribution is -2.21. The SMILES string of the molecule is CCC(N)Cc1ccc(Sc2ccccc2OC)cc1Br. The monoisotopic (exact) mass is 365 g/mol. The Morgan fingerprint density at radius 2 is 2.00 bits per heavy atom. The van der Waals surface area contributed by atoms with E-state index in [0.29, 0.717) is 0 Å². The van der Waals surface area contributed by atoms with E-state index in [9.17, 15) is 0 Å². The van der Waals surface area contributed by atoms with E-state index in [0.717, 1.165) is 28.0 Å². The van der Waals surface area contributed by atoms with E-state index in [1.54, 1.807) is 18.9 Å². The number of benzene rings is 2. The summed E-state index contributed by atoms with van der Waals surface area (Å²) in [5.74, 6) is 0.899. The highest BCUT2D eigenvalue weighted by Crippen LogP contribution is 2.36. The second-order valence-electron chi connectivity index (χ2n) is 4.88. The average molecular weight is 366 g/mol. The molecule has 2 aromatic rings. The Kier molecular flexibility index (Phi) is 6.15. The van der Waals surface area contributed by atoms with Gasteiger partial charge in [0.1, 0.15) is 5.75 Å². The highest BCUT2D eigenvalue weighted by molar-refractivity contribution is 9.10. The second kappa shape index (κ2) is 7.87. The maximum atomic E-state index is 6.03. The Morgan fingerprint density at radius 3 is 2.67 bits per heavy atom. The number of para-hydroxylation sites is 1. The summed E-state index contributed by atoms with van der Waals surface area (Å²) in [7, 11) is 1.70. The van der Waals surface area contributed by atoms with E-state index in [2.05, 4.69) is 47.1 Å². The Bertz CT molecular complexity index is 603. The van der Waals surface area contributed by atoms with Gasteiger partial charge in [-0.15, -0.1) is 0 Å². The number of ether oxygens (including phenoxy) is 1. The predicted molar refractivity (Wildman–Crippen MR) is 93.2 cm³/mol. The van der Waals surface area contributed by atoms with Crippen molar-refractivity contribution in [2.24, 2.45) is 5.73 Å². The number of nitrogens with two attached hydrogens (primary N) is 1. The van der Waals surface area contributed by atoms with Crippen molar-refractivity contribution in [3.63, 3.8) is 0 Å². The van der Waals surface area contributed by atoms with Crippen LogP contribution in [0.5, 0.6) is 5.75 Å². The largest absolute Gasteiger partial charge is 0.496 e. The highest BCUT2D eigenvalue weighted by atomic mass is 79.9. The van der Waals surface area contributed by atoms with Crippen LogP contribution >= 0.6 is 27.7 Å². The van der Waals surface area contributed by atoms with Crippen molar-refractivity contribution >= 4 is 27.7 Å². The van der Waals surface area contributed by atoms with Crippen LogP contribution in [0.15, 0.2) is 56.7 Å². The first-order valence-electron chi connectivity index (χ1n) is 6.99. The van der Waals surface area contributed by atoms with E-state index < -0.39 is 0 Å². The smallest absolute Gasteiger partial charge is 0.132 e. The van der Waals surface area contributed by atoms with Crippen LogP contribution in [0.1, 0.15) is 18.9 Å². The zero-order chi connectivity index (χ0) is 15.2. The molecule has 1 atom stereocenters. The molecule has 2 N–H and O–H groups in total. The third-order valence-corrected chi connectivity index (χ3v) is 5.11. The van der Waals surface area contributed by atoms with Crippen LogP contribution in [-0.4, -0.2) is 13.2 Å². The van der Waals surface area contributed by atoms with Crippen molar-refractivity contribution in [2.75, 3.05) is 7.11 Å². The van der Waals surface area contributed by atoms with Crippen LogP contribution in [0.25, 0.3) is 0 Å². The zero-order valence-electron chi connectivity index (χ0n) is 12.3. The Morgan fingerprint density at radius 1 is 1.24 bits per heavy atom. The predicted octanol–water partition coefficient (Wildman–Crippen LogP) is 4.89. The van der Waals surface area contributed by atoms with E-state index in [-0.39, 0.29) is 6.04 Å². The molecule has 0 aliphatic rings. The number of halogens is 1. The molecular weight excluding hydrogens is 346 g/mol. The molecule has 0 amide bonds. The molecule has 2 aromatic carbocycles. The average Bonchev–Trinajstić information content (AvgIpc) is 2.50. The van der Waals surface area contributed by atoms with E-state index in [1.165, 1.54) is 10.5 Å². The van der Waals surface area contributed by atoms with Gasteiger partial charge in [-0.1, -0.05) is 52.8 Å². The van der Waals surface area contributed by atoms with Gasteiger partial charge >= 0.3 is 0 Å². The normalized spacial score (nSPS) is 12.2. The summed E-state index contributed by atoms with van der Waals surface area (Å²) < 4.78 is 6.51. The van der Waals surface area contributed by atoms with Gasteiger partial charge in [-0.2, -0.15) is 0 Å². The first-order valence-corrected chi connectivity index (χ1v) is 8.59. The first kappa shape index (κ1) is 16.4. The molecule has 0 aromatic heterocycles. The standard InChI is InChI=1S/C17H20BrNOS/c1-3-13(19)10-12-8-9-14(11-15(12)18)21-17-7-5-4-6-16(17)20-2/h4-9,11,13H,3,10,19H2,1-2H3. The van der Waals surface area contributed by atoms with Gasteiger partial charge in [-0.25, -0.2) is 0 Å². The van der Waals surface area contributed by atoms with Gasteiger partial charge in [0.15, 0.2) is 0 Å². The molecule has 0 heterocycles. The highest BCUT2D eigenvalue weighted by Gasteiger charge is 2.08. The summed E-state index contributed by atoms with van der Waals surface area (Å²) in [6.07, 6.45) is 1.89. The van der Waals surface area contributed by atoms with Crippen molar-refractivity contribution in [3.05, 3.63) is 52.5 Å². The van der Waals surface area contributed by atoms with E-state index in [4.69, 9.17) is 10.5 Å². The molecule has 4 heteroatoms. The molecule has 0 fully saturated rings. The van der Waals surface area contributed by atoms with Gasteiger partial charge in [0.2, 0.25) is 0 Å². The lowest BCUT2D eigenvalue weighted by Gasteiger charge is -2.12. The number of hydrogen-bond acceptors (Lipinski definition) is 3. The molecule has 0 spiro atoms. The van der Waals surface area contributed by atoms with Crippen molar-refractivity contribution in [3.8, 4) is 5.75 Å². The fourth-order valence-electron chi connectivity index (χ4n) is 2.01. The lowest BCUT2D eigenvalue weighted by molar-refractivity contribution is 0.405. The van der Waals surface area contributed by atoms with E-state index >= 15 is 0 Å². The molecule has 0 aliphatic heterocycles. The fraction of sp³-hybridized carbons (Fsp3) is 0.294. The molecule has 2 rings (SSSR count). The van der Waals surface area contributed by atoms with Crippen molar-refractivity contribution < 1.29 is 4.74 Å². The van der Waals surface area contributed by atoms with Gasteiger partial charge < -0.3 is 10.5 Å². The zero-order valence-corrected chi connectivity index (χ0v) is 14.7. The van der Waals surface area contributed by atoms with Gasteiger partial charge in [0.05, 0.1) is 12.0 Å². The summed E-state index contributed by atoms with van der Waals surface area (Å²) in [5.41, 5.74) is 7.29. The topological polar surface area (TPSA) is 35.2 Å². The lowest BCUT2D eigenvalue weighted by atomic mass is 10.1. The van der Waals surface area contributed by atoms with Crippen LogP contribution in [0.2, 0.25) is 0 Å². The van der Waals surface area contributed by atoms with Crippen LogP contribution in [-0.2, 0) is 6.42 Å². The molecule has 0 saturated heterocycles. The molecule has 0 saturated carbocycles. The summed E-state index contributed by atoms with van der Waals surface area (Å²) in [6, 6.07) is 14.7. The molecule has 1 unspecified atom stereocenters. The van der Waals surface area contributed by atoms with Crippen LogP contribution in [0.3, 0.4) is 0 Å². The minimum absolute atomic E-state index is 0.217. The van der Waals surface area contributed by atoms with Crippen molar-refractivity contribution in [2.45, 2.75) is 35.6 Å². The second-order valence-corrected chi connectivity index (χ2v) is 6.85. The van der Waals surface area contributed by atoms with Gasteiger partial charge in [0, 0.05) is 15.4 Å². The van der Waals surface area contributed by atoms with Crippen molar-refractivity contribution in [1.29, 1.82) is 0 Å². The maximum Gasteiger partial charge on any atom is 0.132 e. The Labute approximate surface area is 139 Å². The summed E-state index contributed by atoms with van der Waals surface area (Å²) in [4.78, 5) is 2.30. The molecule has 0 radical (unpaired) electrons. The van der Waals surface area contributed by atoms with Gasteiger partial charge in [-0.05, 0) is 42.7 Å². The van der Waals surface area contributed by atoms with Crippen LogP contribution in [0, 0.1) is 0 Å². The number of rotatable bonds is 6. The molecule has 0 aliphatic carbocycles. The minimum Gasteiger partial charge on any atom is -0.496 e. The Hall–Kier alpha value is -0.970. The third kappa shape index (κ3) is 4.50. The third-order valence-electron chi connectivity index (χ3n) is 3.33. The quantitative estimate of drug-likeness (QED) is 0.791. The fourth-order valence-corrected chi connectivity index (χ4v) is 3.67. The first-order chi connectivity index (χ1) is 10.1. The van der Waals surface area contributed by atoms with Gasteiger partial charge in [0.25, 0.3) is 0 Å². The summed E-state index contributed by atoms with van der Waals surface area (Å²) in [6.45, 7) is 2.12. The van der Waals surface area contributed by atoms with Crippen molar-refractivity contribution in [1.82, 2.24) is 0 Å². The van der Waals surface area contributed by atoms with Crippen LogP contribution < -0.4 is 10.5 Å². The van der Waals surface area contributed by atoms with Gasteiger partial charge in [-0.3, -0.25) is 0 Å². The van der Waals surface area contributed by atoms with Crippen LogP contribution in [0.4, 0.5) is 0 Å². The Balaban J connectivity index is 2.16. The number of hydrogen-bond donors (Lipinski definition) is 1. The molecule has 21 heavy (non-hydrogen) atoms. The molecule has 2 nitrogen and oxygen atoms in total. The molecule has 0 bridgehead atoms. The molecular formula is C17H20BrNOS. The van der Waals surface area contributed by atoms with E-state index in [1.807, 2.05) is 18.2 Å². The minimum atomic E-state index is 0.217.